The lowest BCUT2D eigenvalue weighted by Gasteiger charge is -2.75. The Morgan fingerprint density at radius 2 is 0.487 bits per heavy atom. The molecule has 10 aromatic rings. The molecular formula is C76H58. The van der Waals surface area contributed by atoms with E-state index in [9.17, 15) is 0 Å². The largest absolute Gasteiger partial charge is 0.0725 e. The third-order valence-corrected chi connectivity index (χ3v) is 22.2. The molecule has 0 aromatic heterocycles. The maximum atomic E-state index is 2.58. The molecule has 362 valence electrons. The molecule has 0 amide bonds. The Balaban J connectivity index is 0.638. The molecule has 20 rings (SSSR count). The van der Waals surface area contributed by atoms with E-state index in [1.54, 1.807) is 11.1 Å². The quantitative estimate of drug-likeness (QED) is 0.156. The van der Waals surface area contributed by atoms with Crippen LogP contribution in [-0.4, -0.2) is 0 Å². The van der Waals surface area contributed by atoms with Crippen LogP contribution in [0.4, 0.5) is 0 Å². The molecule has 0 N–H and O–H groups in total. The molecule has 0 atom stereocenters. The van der Waals surface area contributed by atoms with E-state index < -0.39 is 0 Å². The van der Waals surface area contributed by atoms with Crippen molar-refractivity contribution in [2.45, 2.75) is 60.2 Å². The monoisotopic (exact) mass is 970 g/mol. The minimum Gasteiger partial charge on any atom is -0.0622 e. The van der Waals surface area contributed by atoms with Crippen molar-refractivity contribution >= 4 is 0 Å². The molecule has 7 fully saturated rings. The van der Waals surface area contributed by atoms with Crippen LogP contribution >= 0.6 is 0 Å². The Kier molecular flexibility index (Phi) is 8.36. The van der Waals surface area contributed by atoms with Crippen molar-refractivity contribution in [3.8, 4) is 55.6 Å². The molecular weight excluding hydrogens is 913 g/mol. The van der Waals surface area contributed by atoms with Crippen molar-refractivity contribution in [1.82, 2.24) is 0 Å². The lowest BCUT2D eigenvalue weighted by atomic mass is 9.29. The number of rotatable bonds is 6. The van der Waals surface area contributed by atoms with Crippen LogP contribution in [0.3, 0.4) is 0 Å². The van der Waals surface area contributed by atoms with Crippen molar-refractivity contribution in [2.24, 2.45) is 35.5 Å². The fraction of sp³-hybridized carbons (Fsp3) is 0.211. The van der Waals surface area contributed by atoms with E-state index in [-0.39, 0.29) is 10.8 Å². The molecule has 0 heteroatoms. The molecule has 0 aliphatic heterocycles. The maximum Gasteiger partial charge on any atom is 0.0725 e. The minimum absolute atomic E-state index is 0.314. The van der Waals surface area contributed by atoms with Gasteiger partial charge in [0.05, 0.1) is 10.8 Å². The van der Waals surface area contributed by atoms with Gasteiger partial charge >= 0.3 is 0 Å². The third kappa shape index (κ3) is 5.22. The molecule has 0 nitrogen and oxygen atoms in total. The van der Waals surface area contributed by atoms with E-state index in [0.29, 0.717) is 10.8 Å². The molecule has 10 aliphatic rings. The second kappa shape index (κ2) is 15.0. The molecule has 10 aliphatic carbocycles. The van der Waals surface area contributed by atoms with Crippen LogP contribution in [-0.2, 0) is 21.7 Å². The Bertz CT molecular complexity index is 3690. The van der Waals surface area contributed by atoms with Crippen LogP contribution < -0.4 is 0 Å². The highest BCUT2D eigenvalue weighted by atomic mass is 14.7. The molecule has 8 bridgehead atoms. The number of benzene rings is 10. The fourth-order valence-corrected chi connectivity index (χ4v) is 19.6. The van der Waals surface area contributed by atoms with Crippen LogP contribution in [0, 0.1) is 35.5 Å². The van der Waals surface area contributed by atoms with E-state index in [0.717, 1.165) is 35.5 Å². The zero-order valence-corrected chi connectivity index (χ0v) is 42.8. The van der Waals surface area contributed by atoms with Gasteiger partial charge in [0.2, 0.25) is 0 Å². The smallest absolute Gasteiger partial charge is 0.0622 e. The molecule has 0 saturated heterocycles. The lowest BCUT2D eigenvalue weighted by Crippen LogP contribution is -2.69. The van der Waals surface area contributed by atoms with E-state index in [4.69, 9.17) is 0 Å². The van der Waals surface area contributed by atoms with Crippen molar-refractivity contribution in [3.63, 3.8) is 0 Å². The predicted octanol–water partition coefficient (Wildman–Crippen LogP) is 18.0. The molecule has 10 aromatic carbocycles. The minimum atomic E-state index is -0.386. The van der Waals surface area contributed by atoms with Gasteiger partial charge in [-0.3, -0.25) is 0 Å². The standard InChI is InChI=1S/C76H58/c1-3-15-53(16-4-1)75(54-17-5-2-6-18-54)67-23-11-7-21-57(67)59-37-31-49(39-71(59)75)47-27-33-51(34-28-47)73-41-61-64-44-74(45-65(61)63(43-73)66(46-74)62(64)42-73)52-35-29-48(30-36-52)50-32-38-60-58-22-10-14-26-70(58)76(72(60)40-50)68-24-12-8-19-55(68)56-20-9-13-25-69(56)76/h1-40,61-66H,41-46H2. The average Bonchev–Trinajstić information content (AvgIpc) is 4.12. The molecule has 7 saturated carbocycles. The topological polar surface area (TPSA) is 0 Å². The van der Waals surface area contributed by atoms with Crippen LogP contribution in [0.25, 0.3) is 55.6 Å². The first-order chi connectivity index (χ1) is 37.6. The first kappa shape index (κ1) is 42.4. The number of fused-ring (bicyclic) bond motifs is 13. The van der Waals surface area contributed by atoms with Gasteiger partial charge in [-0.15, -0.1) is 0 Å². The molecule has 1 spiro atoms. The van der Waals surface area contributed by atoms with Gasteiger partial charge in [0.25, 0.3) is 0 Å². The van der Waals surface area contributed by atoms with Gasteiger partial charge in [0.1, 0.15) is 0 Å². The van der Waals surface area contributed by atoms with E-state index in [1.807, 2.05) is 0 Å². The maximum absolute atomic E-state index is 2.58. The van der Waals surface area contributed by atoms with Gasteiger partial charge in [0, 0.05) is 0 Å². The number of hydrogen-bond acceptors (Lipinski definition) is 0. The summed E-state index contributed by atoms with van der Waals surface area (Å²) in [6.07, 6.45) is 8.36. The third-order valence-electron chi connectivity index (χ3n) is 22.2. The molecule has 76 heavy (non-hydrogen) atoms. The summed E-state index contributed by atoms with van der Waals surface area (Å²) in [7, 11) is 0. The summed E-state index contributed by atoms with van der Waals surface area (Å²) in [5.41, 5.74) is 27.7. The highest BCUT2D eigenvalue weighted by molar-refractivity contribution is 5.96. The molecule has 0 heterocycles. The predicted molar refractivity (Wildman–Crippen MR) is 309 cm³/mol. The van der Waals surface area contributed by atoms with Crippen molar-refractivity contribution in [2.75, 3.05) is 0 Å². The zero-order chi connectivity index (χ0) is 49.5. The van der Waals surface area contributed by atoms with E-state index >= 15 is 0 Å². The van der Waals surface area contributed by atoms with Crippen LogP contribution in [0.2, 0.25) is 0 Å². The van der Waals surface area contributed by atoms with Gasteiger partial charge < -0.3 is 0 Å². The molecule has 0 unspecified atom stereocenters. The second-order valence-corrected chi connectivity index (χ2v) is 24.9. The number of hydrogen-bond donors (Lipinski definition) is 0. The second-order valence-electron chi connectivity index (χ2n) is 24.9. The summed E-state index contributed by atoms with van der Waals surface area (Å²) in [6.45, 7) is 0. The molecule has 0 radical (unpaired) electrons. The van der Waals surface area contributed by atoms with Crippen molar-refractivity contribution in [1.29, 1.82) is 0 Å². The first-order valence-electron chi connectivity index (χ1n) is 28.6. The van der Waals surface area contributed by atoms with Gasteiger partial charge in [-0.2, -0.15) is 0 Å². The Labute approximate surface area is 447 Å². The van der Waals surface area contributed by atoms with Gasteiger partial charge in [-0.1, -0.05) is 231 Å². The van der Waals surface area contributed by atoms with Crippen LogP contribution in [0.1, 0.15) is 94.2 Å². The lowest BCUT2D eigenvalue weighted by molar-refractivity contribution is -0.221. The summed E-state index contributed by atoms with van der Waals surface area (Å²) in [5, 5.41) is 0. The Morgan fingerprint density at radius 1 is 0.211 bits per heavy atom. The fourth-order valence-electron chi connectivity index (χ4n) is 19.6. The summed E-state index contributed by atoms with van der Waals surface area (Å²) in [5.74, 6) is 5.24. The highest BCUT2D eigenvalue weighted by Gasteiger charge is 2.70. The Hall–Kier alpha value is -7.80. The SMILES string of the molecule is c1ccc(C2(c3ccccc3)c3ccccc3-c3ccc(-c4ccc(C56CC7C8CC9(c%10ccc(-c%11ccc%12c(c%11)C%11(c%13ccccc%13-c%13ccccc%13%11)c%11ccccc%11-%12)cc%10)CC7C(C5)C(C9)C8C6)cc4)cc32)cc1. The van der Waals surface area contributed by atoms with Gasteiger partial charge in [-0.05, 0) is 208 Å². The highest BCUT2D eigenvalue weighted by Crippen LogP contribution is 2.77. The van der Waals surface area contributed by atoms with Crippen LogP contribution in [0.5, 0.6) is 0 Å². The van der Waals surface area contributed by atoms with Crippen molar-refractivity contribution < 1.29 is 0 Å². The van der Waals surface area contributed by atoms with Crippen molar-refractivity contribution in [3.05, 3.63) is 298 Å². The summed E-state index contributed by atoms with van der Waals surface area (Å²) in [4.78, 5) is 0. The summed E-state index contributed by atoms with van der Waals surface area (Å²) in [6, 6.07) is 94.0. The van der Waals surface area contributed by atoms with E-state index in [1.165, 1.54) is 139 Å². The average molecular weight is 971 g/mol. The van der Waals surface area contributed by atoms with Gasteiger partial charge in [0.15, 0.2) is 0 Å². The Morgan fingerprint density at radius 3 is 0.842 bits per heavy atom. The first-order valence-corrected chi connectivity index (χ1v) is 28.6. The normalized spacial score (nSPS) is 26.9. The van der Waals surface area contributed by atoms with Crippen LogP contribution in [0.15, 0.2) is 243 Å². The van der Waals surface area contributed by atoms with Gasteiger partial charge in [-0.25, -0.2) is 0 Å². The summed E-state index contributed by atoms with van der Waals surface area (Å²) >= 11 is 0. The zero-order valence-electron chi connectivity index (χ0n) is 42.8. The summed E-state index contributed by atoms with van der Waals surface area (Å²) < 4.78 is 0. The van der Waals surface area contributed by atoms with E-state index in [2.05, 4.69) is 243 Å².